The summed E-state index contributed by atoms with van der Waals surface area (Å²) in [4.78, 5) is 22.9. The summed E-state index contributed by atoms with van der Waals surface area (Å²) in [5.41, 5.74) is 11.6. The zero-order valence-electron chi connectivity index (χ0n) is 18.9. The number of anilines is 1. The van der Waals surface area contributed by atoms with Gasteiger partial charge < -0.3 is 20.4 Å². The van der Waals surface area contributed by atoms with E-state index in [0.717, 1.165) is 27.9 Å². The molecule has 0 aliphatic rings. The number of carbonyl (C=O) groups excluding carboxylic acids is 1. The number of hydrogen-bond acceptors (Lipinski definition) is 5. The SMILES string of the molecule is COc1ccccc1CCNC(=O)c1c(N)n(Cc2ccccc2)c2nc3ccccc3nc12. The molecule has 5 rings (SSSR count). The number of para-hydroxylation sites is 3. The number of carbonyl (C=O) groups is 1. The molecule has 7 nitrogen and oxygen atoms in total. The molecule has 2 heterocycles. The lowest BCUT2D eigenvalue weighted by Crippen LogP contribution is -2.26. The standard InChI is InChI=1S/C27H25N5O2/c1-34-22-14-8-5-11-19(22)15-16-29-27(33)23-24-26(31-21-13-7-6-12-20(21)30-24)32(25(23)28)17-18-9-3-2-4-10-18/h2-14H,15-17,28H2,1H3,(H,29,33). The third-order valence-corrected chi connectivity index (χ3v) is 5.87. The average molecular weight is 452 g/mol. The number of rotatable bonds is 7. The van der Waals surface area contributed by atoms with E-state index in [2.05, 4.69) is 5.32 Å². The van der Waals surface area contributed by atoms with Gasteiger partial charge in [0.25, 0.3) is 5.91 Å². The van der Waals surface area contributed by atoms with Gasteiger partial charge in [0.05, 0.1) is 24.7 Å². The van der Waals surface area contributed by atoms with Gasteiger partial charge in [-0.2, -0.15) is 0 Å². The van der Waals surface area contributed by atoms with E-state index in [-0.39, 0.29) is 5.91 Å². The maximum atomic E-state index is 13.3. The van der Waals surface area contributed by atoms with Gasteiger partial charge in [0, 0.05) is 6.54 Å². The van der Waals surface area contributed by atoms with Crippen LogP contribution in [0, 0.1) is 0 Å². The number of nitrogens with zero attached hydrogens (tertiary/aromatic N) is 3. The highest BCUT2D eigenvalue weighted by Gasteiger charge is 2.24. The summed E-state index contributed by atoms with van der Waals surface area (Å²) >= 11 is 0. The molecule has 3 N–H and O–H groups in total. The molecule has 0 fully saturated rings. The Bertz CT molecular complexity index is 1480. The fourth-order valence-corrected chi connectivity index (χ4v) is 4.18. The summed E-state index contributed by atoms with van der Waals surface area (Å²) in [5, 5.41) is 3.00. The first-order chi connectivity index (χ1) is 16.7. The molecule has 3 aromatic carbocycles. The monoisotopic (exact) mass is 451 g/mol. The van der Waals surface area contributed by atoms with E-state index in [0.29, 0.717) is 42.1 Å². The van der Waals surface area contributed by atoms with Crippen molar-refractivity contribution in [2.24, 2.45) is 0 Å². The Morgan fingerprint density at radius 3 is 2.38 bits per heavy atom. The van der Waals surface area contributed by atoms with Gasteiger partial charge in [0.15, 0.2) is 5.65 Å². The summed E-state index contributed by atoms with van der Waals surface area (Å²) in [6.45, 7) is 0.926. The van der Waals surface area contributed by atoms with Gasteiger partial charge >= 0.3 is 0 Å². The van der Waals surface area contributed by atoms with Gasteiger partial charge in [-0.3, -0.25) is 4.79 Å². The Morgan fingerprint density at radius 2 is 1.62 bits per heavy atom. The minimum absolute atomic E-state index is 0.270. The first kappa shape index (κ1) is 21.5. The summed E-state index contributed by atoms with van der Waals surface area (Å²) in [6.07, 6.45) is 0.632. The maximum Gasteiger partial charge on any atom is 0.257 e. The second-order valence-electron chi connectivity index (χ2n) is 8.03. The van der Waals surface area contributed by atoms with Crippen molar-refractivity contribution in [2.75, 3.05) is 19.4 Å². The minimum atomic E-state index is -0.270. The van der Waals surface area contributed by atoms with Crippen LogP contribution in [0.2, 0.25) is 0 Å². The van der Waals surface area contributed by atoms with E-state index in [4.69, 9.17) is 20.4 Å². The Kier molecular flexibility index (Phi) is 5.82. The number of amides is 1. The van der Waals surface area contributed by atoms with Crippen LogP contribution in [0.15, 0.2) is 78.9 Å². The van der Waals surface area contributed by atoms with Crippen molar-refractivity contribution < 1.29 is 9.53 Å². The molecule has 7 heteroatoms. The number of methoxy groups -OCH3 is 1. The summed E-state index contributed by atoms with van der Waals surface area (Å²) < 4.78 is 7.27. The lowest BCUT2D eigenvalue weighted by atomic mass is 10.1. The van der Waals surface area contributed by atoms with Crippen LogP contribution in [0.1, 0.15) is 21.5 Å². The predicted molar refractivity (Wildman–Crippen MR) is 134 cm³/mol. The zero-order chi connectivity index (χ0) is 23.5. The summed E-state index contributed by atoms with van der Waals surface area (Å²) in [6, 6.07) is 25.3. The third kappa shape index (κ3) is 4.03. The molecular weight excluding hydrogens is 426 g/mol. The van der Waals surface area contributed by atoms with Gasteiger partial charge in [-0.05, 0) is 35.7 Å². The Balaban J connectivity index is 1.51. The maximum absolute atomic E-state index is 13.3. The Hall–Kier alpha value is -4.39. The number of hydrogen-bond donors (Lipinski definition) is 2. The van der Waals surface area contributed by atoms with Crippen molar-refractivity contribution in [1.82, 2.24) is 19.9 Å². The van der Waals surface area contributed by atoms with Gasteiger partial charge in [0.2, 0.25) is 0 Å². The molecule has 0 unspecified atom stereocenters. The van der Waals surface area contributed by atoms with Gasteiger partial charge in [-0.1, -0.05) is 60.7 Å². The van der Waals surface area contributed by atoms with Gasteiger partial charge in [0.1, 0.15) is 22.6 Å². The Morgan fingerprint density at radius 1 is 0.941 bits per heavy atom. The molecule has 2 aromatic heterocycles. The number of ether oxygens (including phenoxy) is 1. The van der Waals surface area contributed by atoms with Crippen molar-refractivity contribution in [3.8, 4) is 5.75 Å². The molecule has 0 atom stereocenters. The first-order valence-corrected chi connectivity index (χ1v) is 11.1. The lowest BCUT2D eigenvalue weighted by Gasteiger charge is -2.10. The van der Waals surface area contributed by atoms with Crippen molar-refractivity contribution in [2.45, 2.75) is 13.0 Å². The van der Waals surface area contributed by atoms with Crippen LogP contribution in [0.4, 0.5) is 5.82 Å². The average Bonchev–Trinajstić information content (AvgIpc) is 3.13. The first-order valence-electron chi connectivity index (χ1n) is 11.1. The fourth-order valence-electron chi connectivity index (χ4n) is 4.18. The van der Waals surface area contributed by atoms with Gasteiger partial charge in [-0.25, -0.2) is 9.97 Å². The predicted octanol–water partition coefficient (Wildman–Crippen LogP) is 4.20. The third-order valence-electron chi connectivity index (χ3n) is 5.87. The molecule has 1 amide bonds. The highest BCUT2D eigenvalue weighted by Crippen LogP contribution is 2.29. The smallest absolute Gasteiger partial charge is 0.257 e. The fraction of sp³-hybridized carbons (Fsp3) is 0.148. The topological polar surface area (TPSA) is 95.1 Å². The van der Waals surface area contributed by atoms with E-state index in [1.54, 1.807) is 7.11 Å². The Labute approximate surface area is 197 Å². The van der Waals surface area contributed by atoms with Crippen molar-refractivity contribution in [3.63, 3.8) is 0 Å². The normalized spacial score (nSPS) is 11.1. The molecule has 5 aromatic rings. The highest BCUT2D eigenvalue weighted by molar-refractivity contribution is 6.10. The molecule has 0 saturated heterocycles. The summed E-state index contributed by atoms with van der Waals surface area (Å²) in [5.74, 6) is 0.880. The minimum Gasteiger partial charge on any atom is -0.496 e. The number of benzene rings is 3. The van der Waals surface area contributed by atoms with E-state index in [1.807, 2.05) is 83.4 Å². The number of nitrogen functional groups attached to an aromatic ring is 1. The molecule has 0 aliphatic carbocycles. The largest absolute Gasteiger partial charge is 0.496 e. The molecule has 0 bridgehead atoms. The lowest BCUT2D eigenvalue weighted by molar-refractivity contribution is 0.0956. The van der Waals surface area contributed by atoms with E-state index >= 15 is 0 Å². The number of aromatic nitrogens is 3. The number of nitrogens with two attached hydrogens (primary N) is 1. The molecule has 0 saturated carbocycles. The second-order valence-corrected chi connectivity index (χ2v) is 8.03. The second kappa shape index (κ2) is 9.23. The molecule has 0 radical (unpaired) electrons. The highest BCUT2D eigenvalue weighted by atomic mass is 16.5. The van der Waals surface area contributed by atoms with Crippen LogP contribution in [0.25, 0.3) is 22.2 Å². The van der Waals surface area contributed by atoms with Crippen LogP contribution in [0.5, 0.6) is 5.75 Å². The van der Waals surface area contributed by atoms with E-state index in [9.17, 15) is 4.79 Å². The van der Waals surface area contributed by atoms with Crippen molar-refractivity contribution in [3.05, 3.63) is 95.6 Å². The number of fused-ring (bicyclic) bond motifs is 2. The van der Waals surface area contributed by atoms with Crippen LogP contribution in [0.3, 0.4) is 0 Å². The molecule has 0 aliphatic heterocycles. The summed E-state index contributed by atoms with van der Waals surface area (Å²) in [7, 11) is 1.64. The number of nitrogens with one attached hydrogen (secondary N) is 1. The van der Waals surface area contributed by atoms with Crippen molar-refractivity contribution in [1.29, 1.82) is 0 Å². The van der Waals surface area contributed by atoms with Crippen molar-refractivity contribution >= 4 is 33.9 Å². The van der Waals surface area contributed by atoms with E-state index < -0.39 is 0 Å². The van der Waals surface area contributed by atoms with Crippen LogP contribution in [-0.4, -0.2) is 34.1 Å². The molecular formula is C27H25N5O2. The molecule has 0 spiro atoms. The quantitative estimate of drug-likeness (QED) is 0.387. The zero-order valence-corrected chi connectivity index (χ0v) is 18.9. The van der Waals surface area contributed by atoms with Gasteiger partial charge in [-0.15, -0.1) is 0 Å². The van der Waals surface area contributed by atoms with E-state index in [1.165, 1.54) is 0 Å². The van der Waals surface area contributed by atoms with Crippen LogP contribution >= 0.6 is 0 Å². The van der Waals surface area contributed by atoms with Crippen LogP contribution in [-0.2, 0) is 13.0 Å². The molecule has 170 valence electrons. The molecule has 34 heavy (non-hydrogen) atoms. The van der Waals surface area contributed by atoms with Crippen LogP contribution < -0.4 is 15.8 Å².